The first-order valence-electron chi connectivity index (χ1n) is 23.1. The lowest BCUT2D eigenvalue weighted by atomic mass is 10.0. The van der Waals surface area contributed by atoms with Crippen molar-refractivity contribution in [3.8, 4) is 11.3 Å². The van der Waals surface area contributed by atoms with Gasteiger partial charge in [0.25, 0.3) is 0 Å². The van der Waals surface area contributed by atoms with Crippen molar-refractivity contribution in [3.63, 3.8) is 0 Å². The van der Waals surface area contributed by atoms with Crippen LogP contribution in [0.3, 0.4) is 0 Å². The predicted octanol–water partition coefficient (Wildman–Crippen LogP) is 6.50. The molecule has 1 aromatic carbocycles. The van der Waals surface area contributed by atoms with Gasteiger partial charge in [0.15, 0.2) is 0 Å². The zero-order valence-electron chi connectivity index (χ0n) is 39.9. The third-order valence-corrected chi connectivity index (χ3v) is 11.8. The van der Waals surface area contributed by atoms with E-state index >= 15 is 0 Å². The van der Waals surface area contributed by atoms with Crippen LogP contribution in [0.5, 0.6) is 0 Å². The minimum absolute atomic E-state index is 0.0556. The fraction of sp³-hybridized carbons (Fsp3) is 0.587. The maximum Gasteiger partial charge on any atom is 0.321 e. The molecule has 372 valence electrons. The Morgan fingerprint density at radius 1 is 0.662 bits per heavy atom. The molecule has 5 N–H and O–H groups in total. The van der Waals surface area contributed by atoms with E-state index in [2.05, 4.69) is 47.7 Å². The Hall–Kier alpha value is -4.60. The van der Waals surface area contributed by atoms with Crippen molar-refractivity contribution in [3.05, 3.63) is 57.4 Å². The van der Waals surface area contributed by atoms with Crippen molar-refractivity contribution in [2.45, 2.75) is 65.6 Å². The summed E-state index contributed by atoms with van der Waals surface area (Å²) in [5, 5.41) is 30.4. The third-order valence-electron chi connectivity index (χ3n) is 11.3. The molecule has 4 aromatic rings. The minimum Gasteiger partial charge on any atom is -0.389 e. The molecule has 4 saturated heterocycles. The number of carbonyl (C=O) groups excluding carboxylic acids is 1. The van der Waals surface area contributed by atoms with E-state index in [1.165, 1.54) is 6.07 Å². The van der Waals surface area contributed by atoms with Crippen molar-refractivity contribution in [1.29, 1.82) is 0 Å². The number of morpholine rings is 3. The van der Waals surface area contributed by atoms with Crippen LogP contribution in [0.2, 0.25) is 15.5 Å². The van der Waals surface area contributed by atoms with E-state index in [-0.39, 0.29) is 6.03 Å². The van der Waals surface area contributed by atoms with Crippen LogP contribution < -0.4 is 30.7 Å². The molecule has 3 aromatic heterocycles. The number of aryl methyl sites for hydroxylation is 1. The molecule has 0 unspecified atom stereocenters. The second-order valence-corrected chi connectivity index (χ2v) is 19.4. The first-order valence-corrected chi connectivity index (χ1v) is 24.3. The van der Waals surface area contributed by atoms with Gasteiger partial charge in [0, 0.05) is 94.9 Å². The Balaban J connectivity index is 0.000000192. The smallest absolute Gasteiger partial charge is 0.321 e. The lowest BCUT2D eigenvalue weighted by Gasteiger charge is -2.28. The molecule has 0 spiro atoms. The van der Waals surface area contributed by atoms with Crippen LogP contribution in [0.15, 0.2) is 36.4 Å². The molecule has 4 aliphatic rings. The number of carbonyl (C=O) groups is 1. The number of anilines is 6. The van der Waals surface area contributed by atoms with E-state index < -0.39 is 11.2 Å². The number of amides is 2. The molecule has 68 heavy (non-hydrogen) atoms. The second-order valence-electron chi connectivity index (χ2n) is 18.2. The van der Waals surface area contributed by atoms with Gasteiger partial charge in [0.1, 0.15) is 27.1 Å². The maximum absolute atomic E-state index is 12.8. The first-order chi connectivity index (χ1) is 32.4. The number of likely N-dealkylation sites (tertiary alicyclic amines) is 1. The SMILES string of the molecule is CC(C)(O)CNc1cc(Cl)nc(N2CCOCC2)n1.CC[C@@H]1CCN(C(=O)Nc2ccc(C)c(-c3cc(NCC(C)(C)O)nc(N4CCOCC4)n3)c2)C1.Clc1cc(Cl)nc(N2CCOCC2)n1. The number of aromatic nitrogens is 6. The van der Waals surface area contributed by atoms with Crippen molar-refractivity contribution in [2.24, 2.45) is 5.92 Å². The van der Waals surface area contributed by atoms with Gasteiger partial charge in [0.2, 0.25) is 17.8 Å². The van der Waals surface area contributed by atoms with Gasteiger partial charge in [-0.25, -0.2) is 24.7 Å². The van der Waals surface area contributed by atoms with Crippen LogP contribution in [0.25, 0.3) is 11.3 Å². The highest BCUT2D eigenvalue weighted by molar-refractivity contribution is 6.33. The number of nitrogens with zero attached hydrogens (tertiary/aromatic N) is 10. The summed E-state index contributed by atoms with van der Waals surface area (Å²) in [6, 6.07) is 10.9. The van der Waals surface area contributed by atoms with E-state index in [9.17, 15) is 15.0 Å². The van der Waals surface area contributed by atoms with Crippen LogP contribution in [-0.2, 0) is 14.2 Å². The lowest BCUT2D eigenvalue weighted by Crippen LogP contribution is -2.37. The van der Waals surface area contributed by atoms with E-state index in [1.807, 2.05) is 45.9 Å². The molecule has 1 atom stereocenters. The van der Waals surface area contributed by atoms with Crippen molar-refractivity contribution in [1.82, 2.24) is 34.8 Å². The monoisotopic (exact) mass is 1000 g/mol. The molecule has 4 fully saturated rings. The predicted molar refractivity (Wildman–Crippen MR) is 269 cm³/mol. The number of benzene rings is 1. The van der Waals surface area contributed by atoms with Crippen LogP contribution in [0.1, 0.15) is 53.0 Å². The highest BCUT2D eigenvalue weighted by atomic mass is 35.5. The van der Waals surface area contributed by atoms with E-state index in [4.69, 9.17) is 59.0 Å². The van der Waals surface area contributed by atoms with Crippen LogP contribution in [-0.4, -0.2) is 167 Å². The van der Waals surface area contributed by atoms with E-state index in [1.54, 1.807) is 33.8 Å². The molecular weight excluding hydrogens is 937 g/mol. The molecular formula is C46H66Cl3N13O6. The third kappa shape index (κ3) is 16.8. The standard InChI is InChI=1S/C26H38N6O3.C12H19ClN4O2.C8H9Cl2N3O/c1-5-19-8-9-32(16-19)25(33)28-20-7-6-18(2)21(14-20)22-15-23(27-17-26(3,4)34)30-24(29-22)31-10-12-35-13-11-31;1-12(2,18)8-14-10-7-9(13)15-11(16-10)17-3-5-19-6-4-17;9-6-5-7(10)12-8(11-6)13-1-3-14-4-2-13/h6-7,14-15,19,34H,5,8-13,16-17H2,1-4H3,(H,28,33)(H,27,29,30);7,18H,3-6,8H2,1-2H3,(H,14,15,16);5H,1-4H2/t19-;;/m1../s1. The summed E-state index contributed by atoms with van der Waals surface area (Å²) in [6.07, 6.45) is 2.16. The summed E-state index contributed by atoms with van der Waals surface area (Å²) in [5.74, 6) is 3.64. The summed E-state index contributed by atoms with van der Waals surface area (Å²) < 4.78 is 16.0. The van der Waals surface area contributed by atoms with Crippen molar-refractivity contribution >= 4 is 76.0 Å². The normalized spacial score (nSPS) is 17.7. The minimum atomic E-state index is -0.878. The zero-order chi connectivity index (χ0) is 48.8. The molecule has 22 heteroatoms. The summed E-state index contributed by atoms with van der Waals surface area (Å²) in [4.78, 5) is 47.3. The van der Waals surface area contributed by atoms with Gasteiger partial charge in [-0.3, -0.25) is 0 Å². The van der Waals surface area contributed by atoms with Gasteiger partial charge in [-0.15, -0.1) is 0 Å². The highest BCUT2D eigenvalue weighted by Gasteiger charge is 2.26. The fourth-order valence-corrected chi connectivity index (χ4v) is 7.99. The molecule has 8 rings (SSSR count). The molecule has 0 bridgehead atoms. The summed E-state index contributed by atoms with van der Waals surface area (Å²) in [7, 11) is 0. The number of halogens is 3. The largest absolute Gasteiger partial charge is 0.389 e. The molecule has 7 heterocycles. The topological polar surface area (TPSA) is 212 Å². The second kappa shape index (κ2) is 24.8. The zero-order valence-corrected chi connectivity index (χ0v) is 42.2. The van der Waals surface area contributed by atoms with Gasteiger partial charge in [-0.05, 0) is 64.7 Å². The quantitative estimate of drug-likeness (QED) is 0.0959. The number of hydrogen-bond donors (Lipinski definition) is 5. The molecule has 2 amide bonds. The maximum atomic E-state index is 12.8. The summed E-state index contributed by atoms with van der Waals surface area (Å²) in [6.45, 7) is 22.0. The molecule has 0 saturated carbocycles. The van der Waals surface area contributed by atoms with Crippen LogP contribution in [0.4, 0.5) is 40.0 Å². The average Bonchev–Trinajstić information content (AvgIpc) is 3.81. The van der Waals surface area contributed by atoms with Gasteiger partial charge in [-0.1, -0.05) is 54.2 Å². The number of ether oxygens (including phenoxy) is 3. The van der Waals surface area contributed by atoms with Gasteiger partial charge < -0.3 is 60.0 Å². The Morgan fingerprint density at radius 3 is 1.59 bits per heavy atom. The molecule has 0 radical (unpaired) electrons. The Morgan fingerprint density at radius 2 is 1.12 bits per heavy atom. The Kier molecular flexibility index (Phi) is 19.2. The summed E-state index contributed by atoms with van der Waals surface area (Å²) >= 11 is 17.6. The lowest BCUT2D eigenvalue weighted by molar-refractivity contribution is 0.0938. The van der Waals surface area contributed by atoms with Crippen molar-refractivity contribution < 1.29 is 29.2 Å². The number of rotatable bonds is 12. The molecule has 0 aliphatic carbocycles. The Labute approximate surface area is 414 Å². The van der Waals surface area contributed by atoms with Crippen LogP contribution >= 0.6 is 34.8 Å². The molecule has 4 aliphatic heterocycles. The van der Waals surface area contributed by atoms with Gasteiger partial charge >= 0.3 is 6.03 Å². The number of hydrogen-bond acceptors (Lipinski definition) is 17. The van der Waals surface area contributed by atoms with E-state index in [0.717, 1.165) is 87.7 Å². The van der Waals surface area contributed by atoms with E-state index in [0.29, 0.717) is 104 Å². The van der Waals surface area contributed by atoms with Crippen molar-refractivity contribution in [2.75, 3.05) is 136 Å². The van der Waals surface area contributed by atoms with Gasteiger partial charge in [-0.2, -0.15) is 9.97 Å². The number of urea groups is 1. The number of nitrogens with one attached hydrogen (secondary N) is 3. The van der Waals surface area contributed by atoms with Gasteiger partial charge in [0.05, 0.1) is 56.5 Å². The Bertz CT molecular complexity index is 2230. The summed E-state index contributed by atoms with van der Waals surface area (Å²) in [5.41, 5.74) is 1.80. The fourth-order valence-electron chi connectivity index (χ4n) is 7.39. The van der Waals surface area contributed by atoms with Crippen LogP contribution in [0, 0.1) is 12.8 Å². The first kappa shape index (κ1) is 52.8. The highest BCUT2D eigenvalue weighted by Crippen LogP contribution is 2.30. The number of aliphatic hydroxyl groups is 2. The molecule has 19 nitrogen and oxygen atoms in total. The average molecular weight is 1000 g/mol.